The fourth-order valence-electron chi connectivity index (χ4n) is 3.17. The highest BCUT2D eigenvalue weighted by Crippen LogP contribution is 2.39. The van der Waals surface area contributed by atoms with E-state index in [1.807, 2.05) is 20.8 Å². The molecule has 7 heteroatoms. The second-order valence-electron chi connectivity index (χ2n) is 6.06. The molecule has 0 fully saturated rings. The SMILES string of the molecule is CCOc1cc(C(=O)Nc2ncnc3c2CCC3)cc(OCC)c1OCC. The van der Waals surface area contributed by atoms with Crippen molar-refractivity contribution in [3.8, 4) is 17.2 Å². The van der Waals surface area contributed by atoms with Crippen LogP contribution in [0, 0.1) is 0 Å². The molecule has 1 aromatic carbocycles. The normalized spacial score (nSPS) is 12.4. The fraction of sp³-hybridized carbons (Fsp3) is 0.450. The van der Waals surface area contributed by atoms with Crippen LogP contribution in [0.3, 0.4) is 0 Å². The van der Waals surface area contributed by atoms with Gasteiger partial charge in [-0.1, -0.05) is 0 Å². The van der Waals surface area contributed by atoms with Crippen LogP contribution in [0.5, 0.6) is 17.2 Å². The number of aromatic nitrogens is 2. The van der Waals surface area contributed by atoms with Crippen molar-refractivity contribution in [2.75, 3.05) is 25.1 Å². The van der Waals surface area contributed by atoms with Crippen molar-refractivity contribution in [1.82, 2.24) is 9.97 Å². The largest absolute Gasteiger partial charge is 0.490 e. The highest BCUT2D eigenvalue weighted by molar-refractivity contribution is 6.05. The van der Waals surface area contributed by atoms with Crippen LogP contribution in [0.25, 0.3) is 0 Å². The molecular formula is C20H25N3O4. The number of rotatable bonds is 8. The lowest BCUT2D eigenvalue weighted by atomic mass is 10.1. The number of carbonyl (C=O) groups excluding carboxylic acids is 1. The lowest BCUT2D eigenvalue weighted by Crippen LogP contribution is -2.16. The van der Waals surface area contributed by atoms with Gasteiger partial charge in [-0.15, -0.1) is 0 Å². The van der Waals surface area contributed by atoms with Crippen molar-refractivity contribution < 1.29 is 19.0 Å². The van der Waals surface area contributed by atoms with Gasteiger partial charge >= 0.3 is 0 Å². The number of anilines is 1. The van der Waals surface area contributed by atoms with Crippen molar-refractivity contribution in [2.45, 2.75) is 40.0 Å². The minimum atomic E-state index is -0.271. The average molecular weight is 371 g/mol. The van der Waals surface area contributed by atoms with E-state index in [9.17, 15) is 4.79 Å². The third-order valence-corrected chi connectivity index (χ3v) is 4.28. The molecule has 0 spiro atoms. The molecule has 0 bridgehead atoms. The fourth-order valence-corrected chi connectivity index (χ4v) is 3.17. The van der Waals surface area contributed by atoms with Gasteiger partial charge in [0.15, 0.2) is 11.5 Å². The van der Waals surface area contributed by atoms with Crippen LogP contribution in [0.4, 0.5) is 5.82 Å². The molecule has 144 valence electrons. The predicted molar refractivity (Wildman–Crippen MR) is 102 cm³/mol. The predicted octanol–water partition coefficient (Wildman–Crippen LogP) is 3.41. The van der Waals surface area contributed by atoms with Crippen LogP contribution in [0.2, 0.25) is 0 Å². The summed E-state index contributed by atoms with van der Waals surface area (Å²) in [6.07, 6.45) is 4.33. The molecule has 0 saturated carbocycles. The molecule has 1 N–H and O–H groups in total. The van der Waals surface area contributed by atoms with Gasteiger partial charge in [0.25, 0.3) is 5.91 Å². The molecule has 2 aromatic rings. The number of carbonyl (C=O) groups is 1. The van der Waals surface area contributed by atoms with Crippen molar-refractivity contribution in [1.29, 1.82) is 0 Å². The van der Waals surface area contributed by atoms with Gasteiger partial charge in [-0.25, -0.2) is 9.97 Å². The Balaban J connectivity index is 1.93. The first-order chi connectivity index (χ1) is 13.2. The summed E-state index contributed by atoms with van der Waals surface area (Å²) in [6.45, 7) is 7.03. The van der Waals surface area contributed by atoms with Gasteiger partial charge in [-0.05, 0) is 52.2 Å². The first-order valence-electron chi connectivity index (χ1n) is 9.38. The summed E-state index contributed by atoms with van der Waals surface area (Å²) < 4.78 is 17.0. The average Bonchev–Trinajstić information content (AvgIpc) is 3.14. The van der Waals surface area contributed by atoms with Crippen LogP contribution in [0.1, 0.15) is 48.8 Å². The Kier molecular flexibility index (Phi) is 6.11. The molecule has 0 radical (unpaired) electrons. The van der Waals surface area contributed by atoms with Crippen LogP contribution >= 0.6 is 0 Å². The van der Waals surface area contributed by atoms with Crippen molar-refractivity contribution in [3.63, 3.8) is 0 Å². The van der Waals surface area contributed by atoms with Gasteiger partial charge in [0.1, 0.15) is 12.1 Å². The standard InChI is InChI=1S/C20H25N3O4/c1-4-25-16-10-13(11-17(26-5-2)18(16)27-6-3)20(24)23-19-14-8-7-9-15(14)21-12-22-19/h10-12H,4-9H2,1-3H3,(H,21,22,23,24). The van der Waals surface area contributed by atoms with Gasteiger partial charge in [0.05, 0.1) is 19.8 Å². The zero-order chi connectivity index (χ0) is 19.2. The molecule has 1 aromatic heterocycles. The molecule has 0 saturated heterocycles. The van der Waals surface area contributed by atoms with Crippen LogP contribution in [-0.4, -0.2) is 35.7 Å². The number of nitrogens with one attached hydrogen (secondary N) is 1. The Morgan fingerprint density at radius 1 is 1.00 bits per heavy atom. The van der Waals surface area contributed by atoms with Gasteiger partial charge < -0.3 is 19.5 Å². The smallest absolute Gasteiger partial charge is 0.257 e. The molecule has 7 nitrogen and oxygen atoms in total. The molecule has 1 amide bonds. The maximum Gasteiger partial charge on any atom is 0.257 e. The van der Waals surface area contributed by atoms with E-state index in [4.69, 9.17) is 14.2 Å². The van der Waals surface area contributed by atoms with E-state index in [2.05, 4.69) is 15.3 Å². The third kappa shape index (κ3) is 4.13. The Hall–Kier alpha value is -2.83. The highest BCUT2D eigenvalue weighted by atomic mass is 16.5. The summed E-state index contributed by atoms with van der Waals surface area (Å²) in [5.41, 5.74) is 2.46. The van der Waals surface area contributed by atoms with Crippen molar-refractivity contribution >= 4 is 11.7 Å². The number of benzene rings is 1. The summed E-state index contributed by atoms with van der Waals surface area (Å²) in [5.74, 6) is 1.80. The number of nitrogens with zero attached hydrogens (tertiary/aromatic N) is 2. The van der Waals surface area contributed by atoms with E-state index < -0.39 is 0 Å². The number of aryl methyl sites for hydroxylation is 1. The summed E-state index contributed by atoms with van der Waals surface area (Å²) in [4.78, 5) is 21.4. The van der Waals surface area contributed by atoms with Crippen molar-refractivity contribution in [3.05, 3.63) is 35.3 Å². The zero-order valence-electron chi connectivity index (χ0n) is 16.0. The topological polar surface area (TPSA) is 82.6 Å². The Morgan fingerprint density at radius 2 is 1.67 bits per heavy atom. The molecule has 0 aliphatic heterocycles. The molecule has 1 aliphatic carbocycles. The van der Waals surface area contributed by atoms with E-state index in [0.29, 0.717) is 48.5 Å². The van der Waals surface area contributed by atoms with E-state index in [-0.39, 0.29) is 5.91 Å². The zero-order valence-corrected chi connectivity index (χ0v) is 16.0. The quantitative estimate of drug-likeness (QED) is 0.766. The molecular weight excluding hydrogens is 346 g/mol. The summed E-state index contributed by atoms with van der Waals surface area (Å²) in [5, 5.41) is 2.91. The number of hydrogen-bond donors (Lipinski definition) is 1. The molecule has 3 rings (SSSR count). The molecule has 1 heterocycles. The maximum atomic E-state index is 12.9. The van der Waals surface area contributed by atoms with Gasteiger partial charge in [0, 0.05) is 16.8 Å². The van der Waals surface area contributed by atoms with Crippen LogP contribution in [0.15, 0.2) is 18.5 Å². The second-order valence-corrected chi connectivity index (χ2v) is 6.06. The van der Waals surface area contributed by atoms with E-state index in [1.54, 1.807) is 12.1 Å². The number of hydrogen-bond acceptors (Lipinski definition) is 6. The second kappa shape index (κ2) is 8.70. The highest BCUT2D eigenvalue weighted by Gasteiger charge is 2.21. The van der Waals surface area contributed by atoms with Gasteiger partial charge in [0.2, 0.25) is 5.75 Å². The Morgan fingerprint density at radius 3 is 2.30 bits per heavy atom. The van der Waals surface area contributed by atoms with Crippen LogP contribution in [-0.2, 0) is 12.8 Å². The Labute approximate surface area is 159 Å². The van der Waals surface area contributed by atoms with E-state index in [1.165, 1.54) is 6.33 Å². The molecule has 0 atom stereocenters. The summed E-state index contributed by atoms with van der Waals surface area (Å²) in [7, 11) is 0. The first kappa shape index (κ1) is 18.9. The van der Waals surface area contributed by atoms with Gasteiger partial charge in [-0.3, -0.25) is 4.79 Å². The van der Waals surface area contributed by atoms with Crippen LogP contribution < -0.4 is 19.5 Å². The monoisotopic (exact) mass is 371 g/mol. The van der Waals surface area contributed by atoms with Gasteiger partial charge in [-0.2, -0.15) is 0 Å². The number of ether oxygens (including phenoxy) is 3. The van der Waals surface area contributed by atoms with Crippen molar-refractivity contribution in [2.24, 2.45) is 0 Å². The minimum absolute atomic E-state index is 0.271. The third-order valence-electron chi connectivity index (χ3n) is 4.28. The molecule has 1 aliphatic rings. The van der Waals surface area contributed by atoms with E-state index >= 15 is 0 Å². The molecule has 0 unspecified atom stereocenters. The molecule has 27 heavy (non-hydrogen) atoms. The maximum absolute atomic E-state index is 12.9. The summed E-state index contributed by atoms with van der Waals surface area (Å²) in [6, 6.07) is 3.35. The Bertz CT molecular complexity index is 796. The minimum Gasteiger partial charge on any atom is -0.490 e. The number of fused-ring (bicyclic) bond motifs is 1. The first-order valence-corrected chi connectivity index (χ1v) is 9.38. The number of amides is 1. The lowest BCUT2D eigenvalue weighted by Gasteiger charge is -2.17. The van der Waals surface area contributed by atoms with E-state index in [0.717, 1.165) is 30.5 Å². The summed E-state index contributed by atoms with van der Waals surface area (Å²) >= 11 is 0. The lowest BCUT2D eigenvalue weighted by molar-refractivity contribution is 0.102.